The Kier molecular flexibility index (Phi) is 9.91. The van der Waals surface area contributed by atoms with Crippen molar-refractivity contribution in [2.24, 2.45) is 10.9 Å². The number of nitrogens with one attached hydrogen (secondary N) is 2. The number of rotatable bonds is 10. The van der Waals surface area contributed by atoms with E-state index in [0.29, 0.717) is 5.92 Å². The molecule has 0 saturated carbocycles. The van der Waals surface area contributed by atoms with Crippen LogP contribution in [0.3, 0.4) is 0 Å². The summed E-state index contributed by atoms with van der Waals surface area (Å²) in [5.41, 5.74) is 0. The Morgan fingerprint density at radius 3 is 2.90 bits per heavy atom. The zero-order valence-corrected chi connectivity index (χ0v) is 14.3. The number of thiophene rings is 1. The van der Waals surface area contributed by atoms with Crippen molar-refractivity contribution in [1.29, 1.82) is 0 Å². The highest BCUT2D eigenvalue weighted by Gasteiger charge is 1.98. The summed E-state index contributed by atoms with van der Waals surface area (Å²) < 4.78 is 5.56. The van der Waals surface area contributed by atoms with Gasteiger partial charge in [-0.15, -0.1) is 11.3 Å². The molecule has 21 heavy (non-hydrogen) atoms. The van der Waals surface area contributed by atoms with Crippen LogP contribution in [0, 0.1) is 5.92 Å². The number of hydrogen-bond donors (Lipinski definition) is 2. The molecule has 0 fully saturated rings. The van der Waals surface area contributed by atoms with E-state index in [9.17, 15) is 0 Å². The number of nitrogens with zero attached hydrogens (tertiary/aromatic N) is 1. The van der Waals surface area contributed by atoms with Crippen LogP contribution in [0.5, 0.6) is 0 Å². The van der Waals surface area contributed by atoms with Crippen molar-refractivity contribution in [2.45, 2.75) is 33.6 Å². The van der Waals surface area contributed by atoms with E-state index < -0.39 is 0 Å². The fourth-order valence-corrected chi connectivity index (χ4v) is 2.49. The summed E-state index contributed by atoms with van der Waals surface area (Å²) in [6, 6.07) is 4.26. The van der Waals surface area contributed by atoms with E-state index >= 15 is 0 Å². The fraction of sp³-hybridized carbons (Fsp3) is 0.688. The van der Waals surface area contributed by atoms with Gasteiger partial charge in [0.2, 0.25) is 0 Å². The molecule has 1 aromatic heterocycles. The predicted molar refractivity (Wildman–Crippen MR) is 92.3 cm³/mol. The van der Waals surface area contributed by atoms with Crippen molar-refractivity contribution in [1.82, 2.24) is 10.6 Å². The third kappa shape index (κ3) is 9.47. The summed E-state index contributed by atoms with van der Waals surface area (Å²) in [6.45, 7) is 10.6. The van der Waals surface area contributed by atoms with Gasteiger partial charge in [0.15, 0.2) is 5.96 Å². The molecule has 0 unspecified atom stereocenters. The molecule has 1 heterocycles. The first-order valence-corrected chi connectivity index (χ1v) is 8.72. The predicted octanol–water partition coefficient (Wildman–Crippen LogP) is 2.91. The van der Waals surface area contributed by atoms with Crippen molar-refractivity contribution in [3.8, 4) is 0 Å². The molecule has 4 nitrogen and oxygen atoms in total. The lowest BCUT2D eigenvalue weighted by molar-refractivity contribution is 0.109. The van der Waals surface area contributed by atoms with Gasteiger partial charge >= 0.3 is 0 Å². The number of hydrogen-bond acceptors (Lipinski definition) is 3. The van der Waals surface area contributed by atoms with Gasteiger partial charge < -0.3 is 15.4 Å². The van der Waals surface area contributed by atoms with E-state index in [2.05, 4.69) is 53.9 Å². The molecule has 0 aliphatic heterocycles. The molecular weight excluding hydrogens is 282 g/mol. The van der Waals surface area contributed by atoms with Crippen molar-refractivity contribution >= 4 is 17.3 Å². The smallest absolute Gasteiger partial charge is 0.191 e. The Morgan fingerprint density at radius 1 is 1.38 bits per heavy atom. The molecule has 0 aromatic carbocycles. The minimum Gasteiger partial charge on any atom is -0.381 e. The number of ether oxygens (including phenoxy) is 1. The zero-order valence-electron chi connectivity index (χ0n) is 13.5. The van der Waals surface area contributed by atoms with E-state index in [1.165, 1.54) is 4.88 Å². The second-order valence-corrected chi connectivity index (χ2v) is 6.37. The first kappa shape index (κ1) is 18.0. The second-order valence-electron chi connectivity index (χ2n) is 5.34. The highest BCUT2D eigenvalue weighted by atomic mass is 32.1. The Hall–Kier alpha value is -1.07. The van der Waals surface area contributed by atoms with Gasteiger partial charge in [-0.3, -0.25) is 4.99 Å². The largest absolute Gasteiger partial charge is 0.381 e. The van der Waals surface area contributed by atoms with Crippen molar-refractivity contribution in [2.75, 3.05) is 32.8 Å². The summed E-state index contributed by atoms with van der Waals surface area (Å²) in [5, 5.41) is 8.76. The second kappa shape index (κ2) is 11.6. The van der Waals surface area contributed by atoms with E-state index in [4.69, 9.17) is 4.74 Å². The molecule has 120 valence electrons. The van der Waals surface area contributed by atoms with Gasteiger partial charge in [-0.1, -0.05) is 19.9 Å². The number of aliphatic imine (C=N–C) groups is 1. The van der Waals surface area contributed by atoms with E-state index in [1.54, 1.807) is 11.3 Å². The average Bonchev–Trinajstić information content (AvgIpc) is 2.95. The molecular formula is C16H29N3OS. The molecule has 0 spiro atoms. The molecule has 5 heteroatoms. The number of guanidine groups is 1. The minimum atomic E-state index is 0.602. The highest BCUT2D eigenvalue weighted by Crippen LogP contribution is 2.07. The summed E-state index contributed by atoms with van der Waals surface area (Å²) in [4.78, 5) is 5.97. The quantitative estimate of drug-likeness (QED) is 0.397. The van der Waals surface area contributed by atoms with Gasteiger partial charge in [0.1, 0.15) is 0 Å². The topological polar surface area (TPSA) is 45.7 Å². The normalized spacial score (nSPS) is 11.9. The Bertz CT molecular complexity index is 377. The lowest BCUT2D eigenvalue weighted by Crippen LogP contribution is -2.38. The Morgan fingerprint density at radius 2 is 2.24 bits per heavy atom. The van der Waals surface area contributed by atoms with E-state index in [-0.39, 0.29) is 0 Å². The molecule has 2 N–H and O–H groups in total. The van der Waals surface area contributed by atoms with Gasteiger partial charge in [0, 0.05) is 37.7 Å². The van der Waals surface area contributed by atoms with E-state index in [1.807, 2.05) is 0 Å². The fourth-order valence-electron chi connectivity index (χ4n) is 1.78. The SMILES string of the molecule is CCNC(=NCCCOCC(C)C)NCCc1cccs1. The van der Waals surface area contributed by atoms with Crippen LogP contribution in [0.15, 0.2) is 22.5 Å². The highest BCUT2D eigenvalue weighted by molar-refractivity contribution is 7.09. The molecule has 0 amide bonds. The molecule has 1 rings (SSSR count). The average molecular weight is 311 g/mol. The molecule has 0 aliphatic carbocycles. The lowest BCUT2D eigenvalue weighted by atomic mass is 10.2. The van der Waals surface area contributed by atoms with Gasteiger partial charge in [0.25, 0.3) is 0 Å². The van der Waals surface area contributed by atoms with Crippen LogP contribution in [-0.2, 0) is 11.2 Å². The van der Waals surface area contributed by atoms with Crippen molar-refractivity contribution < 1.29 is 4.74 Å². The van der Waals surface area contributed by atoms with E-state index in [0.717, 1.165) is 51.6 Å². The van der Waals surface area contributed by atoms with Crippen LogP contribution in [0.4, 0.5) is 0 Å². The third-order valence-corrected chi connectivity index (χ3v) is 3.69. The summed E-state index contributed by atoms with van der Waals surface area (Å²) in [6.07, 6.45) is 2.01. The summed E-state index contributed by atoms with van der Waals surface area (Å²) in [7, 11) is 0. The van der Waals surface area contributed by atoms with Crippen molar-refractivity contribution in [3.63, 3.8) is 0 Å². The molecule has 0 atom stereocenters. The molecule has 0 bridgehead atoms. The van der Waals surface area contributed by atoms with Gasteiger partial charge in [-0.05, 0) is 37.1 Å². The van der Waals surface area contributed by atoms with Gasteiger partial charge in [-0.25, -0.2) is 0 Å². The standard InChI is InChI=1S/C16H29N3OS/c1-4-17-16(18-9-6-11-20-13-14(2)3)19-10-8-15-7-5-12-21-15/h5,7,12,14H,4,6,8-11,13H2,1-3H3,(H2,17,18,19). The van der Waals surface area contributed by atoms with Crippen LogP contribution >= 0.6 is 11.3 Å². The first-order valence-electron chi connectivity index (χ1n) is 7.84. The van der Waals surface area contributed by atoms with Crippen molar-refractivity contribution in [3.05, 3.63) is 22.4 Å². The third-order valence-electron chi connectivity index (χ3n) is 2.76. The van der Waals surface area contributed by atoms with Gasteiger partial charge in [-0.2, -0.15) is 0 Å². The maximum atomic E-state index is 5.56. The Labute approximate surface area is 133 Å². The zero-order chi connectivity index (χ0) is 15.3. The maximum absolute atomic E-state index is 5.56. The molecule has 0 saturated heterocycles. The molecule has 0 radical (unpaired) electrons. The van der Waals surface area contributed by atoms with Crippen LogP contribution in [0.1, 0.15) is 32.1 Å². The van der Waals surface area contributed by atoms with Crippen LogP contribution in [-0.4, -0.2) is 38.8 Å². The van der Waals surface area contributed by atoms with Gasteiger partial charge in [0.05, 0.1) is 0 Å². The first-order chi connectivity index (χ1) is 10.2. The van der Waals surface area contributed by atoms with Crippen LogP contribution in [0.25, 0.3) is 0 Å². The summed E-state index contributed by atoms with van der Waals surface area (Å²) >= 11 is 1.80. The van der Waals surface area contributed by atoms with Crippen LogP contribution in [0.2, 0.25) is 0 Å². The molecule has 0 aliphatic rings. The Balaban J connectivity index is 2.16. The lowest BCUT2D eigenvalue weighted by Gasteiger charge is -2.11. The minimum absolute atomic E-state index is 0.602. The maximum Gasteiger partial charge on any atom is 0.191 e. The van der Waals surface area contributed by atoms with Crippen LogP contribution < -0.4 is 10.6 Å². The monoisotopic (exact) mass is 311 g/mol. The molecule has 1 aromatic rings. The summed E-state index contributed by atoms with van der Waals surface area (Å²) in [5.74, 6) is 1.50.